The Balaban J connectivity index is 1.43. The molecule has 0 bridgehead atoms. The Labute approximate surface area is 189 Å². The average molecular weight is 452 g/mol. The predicted molar refractivity (Wildman–Crippen MR) is 123 cm³/mol. The van der Waals surface area contributed by atoms with Crippen molar-refractivity contribution in [2.75, 3.05) is 18.3 Å². The van der Waals surface area contributed by atoms with E-state index in [0.717, 1.165) is 39.1 Å². The van der Waals surface area contributed by atoms with Crippen LogP contribution >= 0.6 is 23.6 Å². The van der Waals surface area contributed by atoms with Crippen LogP contribution in [0.1, 0.15) is 40.8 Å². The molecule has 158 valence electrons. The molecule has 1 unspecified atom stereocenters. The Morgan fingerprint density at radius 3 is 2.74 bits per heavy atom. The van der Waals surface area contributed by atoms with E-state index < -0.39 is 5.54 Å². The third-order valence-corrected chi connectivity index (χ3v) is 7.58. The predicted octanol–water partition coefficient (Wildman–Crippen LogP) is 4.53. The van der Waals surface area contributed by atoms with Crippen molar-refractivity contribution in [2.24, 2.45) is 0 Å². The Morgan fingerprint density at radius 1 is 1.13 bits per heavy atom. The van der Waals surface area contributed by atoms with E-state index in [1.165, 1.54) is 4.88 Å². The first-order valence-corrected chi connectivity index (χ1v) is 11.5. The summed E-state index contributed by atoms with van der Waals surface area (Å²) in [5.74, 6) is 2.67. The van der Waals surface area contributed by atoms with Crippen LogP contribution in [0, 0.1) is 0 Å². The number of anilines is 1. The van der Waals surface area contributed by atoms with Crippen molar-refractivity contribution in [1.29, 1.82) is 0 Å². The molecule has 1 atom stereocenters. The number of benzene rings is 2. The molecular weight excluding hydrogens is 430 g/mol. The smallest absolute Gasteiger partial charge is 0.231 e. The van der Waals surface area contributed by atoms with Gasteiger partial charge in [0.2, 0.25) is 6.79 Å². The summed E-state index contributed by atoms with van der Waals surface area (Å²) < 4.78 is 17.3. The zero-order chi connectivity index (χ0) is 21.2. The van der Waals surface area contributed by atoms with E-state index in [9.17, 15) is 0 Å². The van der Waals surface area contributed by atoms with Crippen molar-refractivity contribution < 1.29 is 14.2 Å². The SMILES string of the molecule is CC(C)c1ncc(CN2C(=S)NC3(COc4cc5c(cc43)OCO5)c3ccccc32)s1. The van der Waals surface area contributed by atoms with E-state index in [1.807, 2.05) is 18.3 Å². The molecule has 0 saturated heterocycles. The van der Waals surface area contributed by atoms with E-state index in [1.54, 1.807) is 11.3 Å². The third-order valence-electron chi connectivity index (χ3n) is 5.98. The molecule has 6 rings (SSSR count). The second kappa shape index (κ2) is 6.83. The highest BCUT2D eigenvalue weighted by molar-refractivity contribution is 7.80. The van der Waals surface area contributed by atoms with Gasteiger partial charge in [-0.15, -0.1) is 11.3 Å². The number of nitrogens with zero attached hydrogens (tertiary/aromatic N) is 2. The molecule has 3 aliphatic rings. The van der Waals surface area contributed by atoms with Gasteiger partial charge in [-0.05, 0) is 24.4 Å². The summed E-state index contributed by atoms with van der Waals surface area (Å²) in [6.07, 6.45) is 1.96. The fourth-order valence-corrected chi connectivity index (χ4v) is 5.68. The van der Waals surface area contributed by atoms with Crippen LogP contribution in [0.3, 0.4) is 0 Å². The van der Waals surface area contributed by atoms with E-state index in [0.29, 0.717) is 24.2 Å². The maximum atomic E-state index is 6.12. The molecular formula is C23H21N3O3S2. The molecule has 1 spiro atoms. The monoisotopic (exact) mass is 451 g/mol. The molecule has 0 radical (unpaired) electrons. The van der Waals surface area contributed by atoms with Crippen molar-refractivity contribution in [3.8, 4) is 17.2 Å². The summed E-state index contributed by atoms with van der Waals surface area (Å²) >= 11 is 7.63. The minimum atomic E-state index is -0.558. The molecule has 1 N–H and O–H groups in total. The van der Waals surface area contributed by atoms with Crippen LogP contribution in [-0.2, 0) is 12.1 Å². The van der Waals surface area contributed by atoms with Gasteiger partial charge < -0.3 is 24.4 Å². The number of ether oxygens (including phenoxy) is 3. The van der Waals surface area contributed by atoms with Crippen molar-refractivity contribution in [3.63, 3.8) is 0 Å². The van der Waals surface area contributed by atoms with Gasteiger partial charge >= 0.3 is 0 Å². The minimum Gasteiger partial charge on any atom is -0.490 e. The van der Waals surface area contributed by atoms with Crippen LogP contribution in [0.5, 0.6) is 17.2 Å². The molecule has 6 nitrogen and oxygen atoms in total. The molecule has 0 fully saturated rings. The number of hydrogen-bond donors (Lipinski definition) is 1. The number of thiocarbonyl (C=S) groups is 1. The van der Waals surface area contributed by atoms with Crippen LogP contribution in [0.4, 0.5) is 5.69 Å². The quantitative estimate of drug-likeness (QED) is 0.588. The fourth-order valence-electron chi connectivity index (χ4n) is 4.44. The summed E-state index contributed by atoms with van der Waals surface area (Å²) in [7, 11) is 0. The Morgan fingerprint density at radius 2 is 1.94 bits per heavy atom. The summed E-state index contributed by atoms with van der Waals surface area (Å²) in [6.45, 7) is 5.69. The van der Waals surface area contributed by atoms with Crippen LogP contribution < -0.4 is 24.4 Å². The largest absolute Gasteiger partial charge is 0.490 e. The van der Waals surface area contributed by atoms with Crippen molar-refractivity contribution in [2.45, 2.75) is 31.8 Å². The third kappa shape index (κ3) is 2.81. The standard InChI is InChI=1S/C23H21N3O3S2/c1-13(2)21-24-9-14(31-21)10-26-17-6-4-3-5-15(17)23(25-22(26)30)11-27-18-8-20-19(7-16(18)23)28-12-29-20/h3-9,13H,10-12H2,1-2H3,(H,25,30). The molecule has 31 heavy (non-hydrogen) atoms. The molecule has 8 heteroatoms. The number of nitrogens with one attached hydrogen (secondary N) is 1. The lowest BCUT2D eigenvalue weighted by Gasteiger charge is -2.42. The van der Waals surface area contributed by atoms with E-state index in [2.05, 4.69) is 53.3 Å². The van der Waals surface area contributed by atoms with Gasteiger partial charge in [-0.3, -0.25) is 0 Å². The zero-order valence-electron chi connectivity index (χ0n) is 17.2. The van der Waals surface area contributed by atoms with E-state index in [-0.39, 0.29) is 6.79 Å². The Bertz CT molecular complexity index is 1210. The second-order valence-corrected chi connectivity index (χ2v) is 9.78. The van der Waals surface area contributed by atoms with E-state index in [4.69, 9.17) is 26.4 Å². The first-order chi connectivity index (χ1) is 15.0. The number of hydrogen-bond acceptors (Lipinski definition) is 6. The molecule has 3 aliphatic heterocycles. The molecule has 2 aromatic carbocycles. The van der Waals surface area contributed by atoms with Gasteiger partial charge in [-0.25, -0.2) is 4.98 Å². The molecule has 0 aliphatic carbocycles. The Kier molecular flexibility index (Phi) is 4.16. The summed E-state index contributed by atoms with van der Waals surface area (Å²) in [5.41, 5.74) is 2.68. The first-order valence-electron chi connectivity index (χ1n) is 10.3. The lowest BCUT2D eigenvalue weighted by atomic mass is 9.82. The number of thiazole rings is 1. The van der Waals surface area contributed by atoms with Crippen LogP contribution in [-0.4, -0.2) is 23.5 Å². The highest BCUT2D eigenvalue weighted by atomic mass is 32.1. The first kappa shape index (κ1) is 18.9. The highest BCUT2D eigenvalue weighted by Gasteiger charge is 2.49. The summed E-state index contributed by atoms with van der Waals surface area (Å²) in [6, 6.07) is 12.3. The van der Waals surface area contributed by atoms with Crippen LogP contribution in [0.25, 0.3) is 0 Å². The lowest BCUT2D eigenvalue weighted by Crippen LogP contribution is -2.57. The van der Waals surface area contributed by atoms with Gasteiger partial charge in [-0.2, -0.15) is 0 Å². The topological polar surface area (TPSA) is 55.9 Å². The molecule has 4 heterocycles. The second-order valence-electron chi connectivity index (χ2n) is 8.25. The number of aromatic nitrogens is 1. The number of para-hydroxylation sites is 1. The molecule has 0 amide bonds. The number of fused-ring (bicyclic) bond motifs is 5. The van der Waals surface area contributed by atoms with Crippen molar-refractivity contribution in [1.82, 2.24) is 10.3 Å². The molecule has 0 saturated carbocycles. The van der Waals surface area contributed by atoms with Gasteiger partial charge in [0.1, 0.15) is 17.9 Å². The lowest BCUT2D eigenvalue weighted by molar-refractivity contribution is 0.173. The van der Waals surface area contributed by atoms with Gasteiger partial charge in [0.15, 0.2) is 16.6 Å². The van der Waals surface area contributed by atoms with Gasteiger partial charge in [0.05, 0.1) is 11.6 Å². The highest BCUT2D eigenvalue weighted by Crippen LogP contribution is 2.51. The molecule has 3 aromatic rings. The van der Waals surface area contributed by atoms with E-state index >= 15 is 0 Å². The normalized spacial score (nSPS) is 20.6. The maximum Gasteiger partial charge on any atom is 0.231 e. The number of rotatable bonds is 3. The molecule has 1 aromatic heterocycles. The van der Waals surface area contributed by atoms with Crippen molar-refractivity contribution in [3.05, 3.63) is 63.6 Å². The van der Waals surface area contributed by atoms with Crippen LogP contribution in [0.15, 0.2) is 42.6 Å². The van der Waals surface area contributed by atoms with Crippen molar-refractivity contribution >= 4 is 34.4 Å². The summed E-state index contributed by atoms with van der Waals surface area (Å²) in [5, 5.41) is 5.43. The maximum absolute atomic E-state index is 6.12. The van der Waals surface area contributed by atoms with Gasteiger partial charge in [0.25, 0.3) is 0 Å². The average Bonchev–Trinajstić information content (AvgIpc) is 3.49. The fraction of sp³-hybridized carbons (Fsp3) is 0.304. The minimum absolute atomic E-state index is 0.231. The van der Waals surface area contributed by atoms with Gasteiger partial charge in [0, 0.05) is 39.9 Å². The zero-order valence-corrected chi connectivity index (χ0v) is 18.8. The van der Waals surface area contributed by atoms with Crippen LogP contribution in [0.2, 0.25) is 0 Å². The Hall–Kier alpha value is -2.84. The summed E-state index contributed by atoms with van der Waals surface area (Å²) in [4.78, 5) is 7.92. The van der Waals surface area contributed by atoms with Gasteiger partial charge in [-0.1, -0.05) is 32.0 Å².